The second-order valence-electron chi connectivity index (χ2n) is 9.38. The first-order valence-electron chi connectivity index (χ1n) is 12.2. The maximum atomic E-state index is 14.5. The average molecular weight is 488 g/mol. The maximum absolute atomic E-state index is 14.5. The van der Waals surface area contributed by atoms with E-state index in [1.807, 2.05) is 29.2 Å². The number of hydrogen-bond acceptors (Lipinski definition) is 5. The summed E-state index contributed by atoms with van der Waals surface area (Å²) in [4.78, 5) is 29.7. The predicted octanol–water partition coefficient (Wildman–Crippen LogP) is 4.37. The molecular weight excluding hydrogens is 453 g/mol. The number of carbonyl (C=O) groups excluding carboxylic acids is 2. The predicted molar refractivity (Wildman–Crippen MR) is 131 cm³/mol. The molecule has 0 unspecified atom stereocenters. The van der Waals surface area contributed by atoms with Crippen molar-refractivity contribution in [3.8, 4) is 0 Å². The first-order chi connectivity index (χ1) is 16.5. The summed E-state index contributed by atoms with van der Waals surface area (Å²) in [5.74, 6) is 1.13. The number of carbonyl (C=O) groups is 2. The number of aromatic nitrogens is 1. The minimum absolute atomic E-state index is 0.0795. The summed E-state index contributed by atoms with van der Waals surface area (Å²) in [6.45, 7) is 1.19. The van der Waals surface area contributed by atoms with Crippen molar-refractivity contribution in [2.24, 2.45) is 5.92 Å². The van der Waals surface area contributed by atoms with E-state index in [1.165, 1.54) is 6.07 Å². The standard InChI is InChI=1S/C26H34FN3O3S/c1-29(24(31)13-16-34-2)23(17-19-7-3-5-9-21(19)27)18-11-14-30(15-12-18)26(32)25-20-8-4-6-10-22(20)28-33-25/h3,5,7,9,18,23H,4,6,8,10-17H2,1-2H3/t23-/m1/s1. The molecule has 1 aromatic heterocycles. The van der Waals surface area contributed by atoms with Gasteiger partial charge in [0.05, 0.1) is 5.69 Å². The van der Waals surface area contributed by atoms with Crippen molar-refractivity contribution < 1.29 is 18.5 Å². The number of halogens is 1. The van der Waals surface area contributed by atoms with Gasteiger partial charge in [0.15, 0.2) is 0 Å². The highest BCUT2D eigenvalue weighted by Crippen LogP contribution is 2.30. The second kappa shape index (κ2) is 11.4. The van der Waals surface area contributed by atoms with E-state index in [-0.39, 0.29) is 29.6 Å². The van der Waals surface area contributed by atoms with Crippen molar-refractivity contribution in [1.82, 2.24) is 15.0 Å². The van der Waals surface area contributed by atoms with Crippen LogP contribution in [0.5, 0.6) is 0 Å². The first-order valence-corrected chi connectivity index (χ1v) is 13.6. The van der Waals surface area contributed by atoms with Crippen molar-refractivity contribution >= 4 is 23.6 Å². The third-order valence-electron chi connectivity index (χ3n) is 7.32. The third kappa shape index (κ3) is 5.48. The van der Waals surface area contributed by atoms with Gasteiger partial charge in [-0.3, -0.25) is 9.59 Å². The van der Waals surface area contributed by atoms with Crippen LogP contribution in [0.15, 0.2) is 28.8 Å². The smallest absolute Gasteiger partial charge is 0.292 e. The van der Waals surface area contributed by atoms with Gasteiger partial charge in [0.25, 0.3) is 5.91 Å². The van der Waals surface area contributed by atoms with Gasteiger partial charge in [0.1, 0.15) is 5.82 Å². The molecule has 0 spiro atoms. The Bertz CT molecular complexity index is 1000. The Balaban J connectivity index is 1.45. The number of likely N-dealkylation sites (tertiary alicyclic amines) is 1. The second-order valence-corrected chi connectivity index (χ2v) is 10.4. The monoisotopic (exact) mass is 487 g/mol. The minimum atomic E-state index is -0.236. The SMILES string of the molecule is CSCCC(=O)N(C)[C@H](Cc1ccccc1F)C1CCN(C(=O)c2onc3c2CCCC3)CC1. The molecule has 2 amide bonds. The fourth-order valence-corrected chi connectivity index (χ4v) is 5.63. The molecule has 0 bridgehead atoms. The van der Waals surface area contributed by atoms with Gasteiger partial charge in [-0.15, -0.1) is 0 Å². The maximum Gasteiger partial charge on any atom is 0.292 e. The summed E-state index contributed by atoms with van der Waals surface area (Å²) in [6.07, 6.45) is 8.34. The number of thioether (sulfide) groups is 1. The summed E-state index contributed by atoms with van der Waals surface area (Å²) in [6, 6.07) is 6.69. The van der Waals surface area contributed by atoms with Gasteiger partial charge in [-0.25, -0.2) is 4.39 Å². The summed E-state index contributed by atoms with van der Waals surface area (Å²) in [5.41, 5.74) is 2.54. The lowest BCUT2D eigenvalue weighted by Crippen LogP contribution is -2.48. The van der Waals surface area contributed by atoms with Gasteiger partial charge in [-0.1, -0.05) is 23.4 Å². The van der Waals surface area contributed by atoms with E-state index in [9.17, 15) is 14.0 Å². The molecule has 6 nitrogen and oxygen atoms in total. The number of hydrogen-bond donors (Lipinski definition) is 0. The van der Waals surface area contributed by atoms with E-state index in [0.717, 1.165) is 55.5 Å². The fraction of sp³-hybridized carbons (Fsp3) is 0.577. The van der Waals surface area contributed by atoms with Crippen LogP contribution in [0.3, 0.4) is 0 Å². The highest BCUT2D eigenvalue weighted by Gasteiger charge is 2.35. The van der Waals surface area contributed by atoms with E-state index in [0.29, 0.717) is 37.3 Å². The number of aryl methyl sites for hydroxylation is 1. The number of benzene rings is 1. The summed E-state index contributed by atoms with van der Waals surface area (Å²) >= 11 is 1.65. The van der Waals surface area contributed by atoms with E-state index in [4.69, 9.17) is 4.52 Å². The Hall–Kier alpha value is -2.35. The van der Waals surface area contributed by atoms with Gasteiger partial charge in [-0.05, 0) is 68.7 Å². The van der Waals surface area contributed by atoms with E-state index >= 15 is 0 Å². The third-order valence-corrected chi connectivity index (χ3v) is 7.94. The molecule has 2 heterocycles. The van der Waals surface area contributed by atoms with Gasteiger partial charge < -0.3 is 14.3 Å². The number of amides is 2. The molecule has 1 aliphatic carbocycles. The Kier molecular flexibility index (Phi) is 8.29. The van der Waals surface area contributed by atoms with Crippen LogP contribution >= 0.6 is 11.8 Å². The zero-order valence-electron chi connectivity index (χ0n) is 20.1. The molecule has 0 radical (unpaired) electrons. The van der Waals surface area contributed by atoms with Crippen LogP contribution in [0.4, 0.5) is 4.39 Å². The summed E-state index contributed by atoms with van der Waals surface area (Å²) in [7, 11) is 1.84. The van der Waals surface area contributed by atoms with E-state index in [1.54, 1.807) is 23.9 Å². The molecule has 0 saturated carbocycles. The summed E-state index contributed by atoms with van der Waals surface area (Å²) < 4.78 is 19.9. The van der Waals surface area contributed by atoms with Crippen LogP contribution in [-0.2, 0) is 24.1 Å². The highest BCUT2D eigenvalue weighted by molar-refractivity contribution is 7.98. The molecule has 1 saturated heterocycles. The van der Waals surface area contributed by atoms with Crippen LogP contribution < -0.4 is 0 Å². The van der Waals surface area contributed by atoms with Gasteiger partial charge in [0.2, 0.25) is 11.7 Å². The largest absolute Gasteiger partial charge is 0.350 e. The van der Waals surface area contributed by atoms with Crippen molar-refractivity contribution in [3.05, 3.63) is 52.7 Å². The fourth-order valence-electron chi connectivity index (χ4n) is 5.25. The molecule has 2 aliphatic rings. The van der Waals surface area contributed by atoms with Gasteiger partial charge >= 0.3 is 0 Å². The number of rotatable bonds is 8. The molecule has 1 atom stereocenters. The number of nitrogens with zero attached hydrogens (tertiary/aromatic N) is 3. The van der Waals surface area contributed by atoms with Crippen LogP contribution in [0, 0.1) is 11.7 Å². The lowest BCUT2D eigenvalue weighted by molar-refractivity contribution is -0.133. The van der Waals surface area contributed by atoms with Gasteiger partial charge in [-0.2, -0.15) is 11.8 Å². The topological polar surface area (TPSA) is 66.7 Å². The molecule has 34 heavy (non-hydrogen) atoms. The Morgan fingerprint density at radius 3 is 2.71 bits per heavy atom. The molecule has 2 aromatic rings. The molecule has 1 fully saturated rings. The Morgan fingerprint density at radius 2 is 1.97 bits per heavy atom. The average Bonchev–Trinajstić information content (AvgIpc) is 3.30. The molecule has 8 heteroatoms. The van der Waals surface area contributed by atoms with Crippen molar-refractivity contribution in [3.63, 3.8) is 0 Å². The number of likely N-dealkylation sites (N-methyl/N-ethyl adjacent to an activating group) is 1. The number of piperidine rings is 1. The normalized spacial score (nSPS) is 17.3. The number of fused-ring (bicyclic) bond motifs is 1. The molecule has 4 rings (SSSR count). The van der Waals surface area contributed by atoms with Crippen molar-refractivity contribution in [2.45, 2.75) is 57.4 Å². The molecule has 1 aromatic carbocycles. The zero-order valence-corrected chi connectivity index (χ0v) is 20.9. The Morgan fingerprint density at radius 1 is 1.24 bits per heavy atom. The van der Waals surface area contributed by atoms with Crippen LogP contribution in [0.2, 0.25) is 0 Å². The highest BCUT2D eigenvalue weighted by atomic mass is 32.2. The lowest BCUT2D eigenvalue weighted by Gasteiger charge is -2.40. The van der Waals surface area contributed by atoms with Crippen LogP contribution in [-0.4, -0.2) is 65.0 Å². The van der Waals surface area contributed by atoms with Crippen LogP contribution in [0.25, 0.3) is 0 Å². The molecule has 184 valence electrons. The molecular formula is C26H34FN3O3S. The molecule has 1 aliphatic heterocycles. The van der Waals surface area contributed by atoms with Gasteiger partial charge in [0, 0.05) is 43.9 Å². The molecule has 0 N–H and O–H groups in total. The minimum Gasteiger partial charge on any atom is -0.350 e. The zero-order chi connectivity index (χ0) is 24.1. The first kappa shape index (κ1) is 24.8. The quantitative estimate of drug-likeness (QED) is 0.553. The van der Waals surface area contributed by atoms with Crippen molar-refractivity contribution in [2.75, 3.05) is 32.1 Å². The Labute approximate surface area is 205 Å². The van der Waals surface area contributed by atoms with E-state index < -0.39 is 0 Å². The van der Waals surface area contributed by atoms with Crippen molar-refractivity contribution in [1.29, 1.82) is 0 Å². The lowest BCUT2D eigenvalue weighted by atomic mass is 9.84. The van der Waals surface area contributed by atoms with E-state index in [2.05, 4.69) is 5.16 Å². The summed E-state index contributed by atoms with van der Waals surface area (Å²) in [5, 5.41) is 4.13. The van der Waals surface area contributed by atoms with Crippen LogP contribution in [0.1, 0.15) is 59.5 Å².